The molecule has 1 aromatic heterocycles. The van der Waals surface area contributed by atoms with Crippen molar-refractivity contribution in [3.05, 3.63) is 59.7 Å². The molecule has 30 heavy (non-hydrogen) atoms. The maximum absolute atomic E-state index is 13.5. The summed E-state index contributed by atoms with van der Waals surface area (Å²) in [5.41, 5.74) is 0.895. The average molecular weight is 431 g/mol. The van der Waals surface area contributed by atoms with Gasteiger partial charge >= 0.3 is 5.97 Å². The largest absolute Gasteiger partial charge is 0.493 e. The summed E-state index contributed by atoms with van der Waals surface area (Å²) < 4.78 is 26.0. The number of hydrogen-bond acceptors (Lipinski definition) is 6. The van der Waals surface area contributed by atoms with Gasteiger partial charge in [0.1, 0.15) is 11.6 Å². The summed E-state index contributed by atoms with van der Waals surface area (Å²) in [5.74, 6) is 0.262. The topological polar surface area (TPSA) is 86.5 Å². The Balaban J connectivity index is 2.14. The summed E-state index contributed by atoms with van der Waals surface area (Å²) in [6, 6.07) is 11.5. The van der Waals surface area contributed by atoms with Crippen molar-refractivity contribution in [2.75, 3.05) is 20.0 Å². The third-order valence-corrected chi connectivity index (χ3v) is 5.62. The van der Waals surface area contributed by atoms with E-state index in [1.54, 1.807) is 30.9 Å². The average Bonchev–Trinajstić information content (AvgIpc) is 3.17. The van der Waals surface area contributed by atoms with Crippen LogP contribution in [0.15, 0.2) is 47.6 Å². The number of hydrogen-bond donors (Lipinski definition) is 1. The van der Waals surface area contributed by atoms with Crippen molar-refractivity contribution in [2.45, 2.75) is 24.4 Å². The fraction of sp³-hybridized carbons (Fsp3) is 0.286. The first-order valence-electron chi connectivity index (χ1n) is 9.07. The van der Waals surface area contributed by atoms with E-state index < -0.39 is 11.4 Å². The molecule has 0 aliphatic rings. The Kier molecular flexibility index (Phi) is 6.31. The molecule has 2 aromatic carbocycles. The van der Waals surface area contributed by atoms with Gasteiger partial charge in [0.15, 0.2) is 16.7 Å². The van der Waals surface area contributed by atoms with Crippen molar-refractivity contribution < 1.29 is 23.8 Å². The van der Waals surface area contributed by atoms with E-state index in [4.69, 9.17) is 14.6 Å². The highest BCUT2D eigenvalue weighted by atomic mass is 32.2. The van der Waals surface area contributed by atoms with E-state index in [0.29, 0.717) is 28.2 Å². The van der Waals surface area contributed by atoms with Crippen LogP contribution in [0, 0.1) is 5.82 Å². The van der Waals surface area contributed by atoms with Crippen LogP contribution in [0.4, 0.5) is 4.39 Å². The van der Waals surface area contributed by atoms with Crippen LogP contribution >= 0.6 is 11.8 Å². The van der Waals surface area contributed by atoms with Gasteiger partial charge in [-0.3, -0.25) is 9.36 Å². The van der Waals surface area contributed by atoms with Crippen molar-refractivity contribution in [3.8, 4) is 17.2 Å². The number of thioether (sulfide) groups is 1. The highest BCUT2D eigenvalue weighted by Crippen LogP contribution is 2.38. The van der Waals surface area contributed by atoms with Gasteiger partial charge in [-0.15, -0.1) is 10.2 Å². The molecule has 0 radical (unpaired) electrons. The molecule has 0 fully saturated rings. The minimum atomic E-state index is -0.964. The monoisotopic (exact) mass is 431 g/mol. The second-order valence-corrected chi connectivity index (χ2v) is 7.94. The molecule has 0 spiro atoms. The minimum Gasteiger partial charge on any atom is -0.493 e. The molecule has 0 unspecified atom stereocenters. The summed E-state index contributed by atoms with van der Waals surface area (Å²) >= 11 is 1.05. The molecular formula is C21H22FN3O4S. The Morgan fingerprint density at radius 1 is 1.10 bits per heavy atom. The van der Waals surface area contributed by atoms with Gasteiger partial charge in [0.25, 0.3) is 0 Å². The third-order valence-electron chi connectivity index (χ3n) is 4.71. The number of carboxylic acids is 1. The van der Waals surface area contributed by atoms with Gasteiger partial charge in [-0.05, 0) is 55.8 Å². The molecule has 0 bridgehead atoms. The molecule has 0 saturated heterocycles. The van der Waals surface area contributed by atoms with E-state index >= 15 is 0 Å². The van der Waals surface area contributed by atoms with Crippen molar-refractivity contribution in [1.82, 2.24) is 14.8 Å². The van der Waals surface area contributed by atoms with Gasteiger partial charge in [0, 0.05) is 5.69 Å². The molecule has 9 heteroatoms. The quantitative estimate of drug-likeness (QED) is 0.541. The lowest BCUT2D eigenvalue weighted by Crippen LogP contribution is -2.24. The Hall–Kier alpha value is -3.07. The van der Waals surface area contributed by atoms with Gasteiger partial charge in [0.05, 0.1) is 25.4 Å². The van der Waals surface area contributed by atoms with E-state index in [1.165, 1.54) is 12.1 Å². The van der Waals surface area contributed by atoms with Crippen LogP contribution in [0.25, 0.3) is 5.69 Å². The van der Waals surface area contributed by atoms with Gasteiger partial charge in [-0.1, -0.05) is 17.8 Å². The molecule has 1 N–H and O–H groups in total. The van der Waals surface area contributed by atoms with Gasteiger partial charge in [-0.25, -0.2) is 4.39 Å². The van der Waals surface area contributed by atoms with Crippen molar-refractivity contribution in [1.29, 1.82) is 0 Å². The van der Waals surface area contributed by atoms with Gasteiger partial charge < -0.3 is 14.6 Å². The van der Waals surface area contributed by atoms with Crippen molar-refractivity contribution in [3.63, 3.8) is 0 Å². The standard InChI is InChI=1S/C21H22FN3O4S/c1-21(2,13-5-10-16(28-3)17(11-13)29-4)19-23-24-20(30-12-18(26)27)25(19)15-8-6-14(22)7-9-15/h5-11H,12H2,1-4H3,(H,26,27). The molecule has 0 aliphatic carbocycles. The molecule has 3 aromatic rings. The zero-order chi connectivity index (χ0) is 21.9. The number of carbonyl (C=O) groups is 1. The predicted molar refractivity (Wildman–Crippen MR) is 111 cm³/mol. The second kappa shape index (κ2) is 8.74. The number of carboxylic acid groups (broad SMARTS) is 1. The summed E-state index contributed by atoms with van der Waals surface area (Å²) in [6.07, 6.45) is 0. The first-order valence-corrected chi connectivity index (χ1v) is 10.1. The summed E-state index contributed by atoms with van der Waals surface area (Å²) in [4.78, 5) is 11.1. The van der Waals surface area contributed by atoms with Crippen LogP contribution in [0.1, 0.15) is 25.2 Å². The number of nitrogens with zero attached hydrogens (tertiary/aromatic N) is 3. The predicted octanol–water partition coefficient (Wildman–Crippen LogP) is 3.93. The Morgan fingerprint density at radius 2 is 1.77 bits per heavy atom. The zero-order valence-electron chi connectivity index (χ0n) is 17.0. The lowest BCUT2D eigenvalue weighted by Gasteiger charge is -2.26. The van der Waals surface area contributed by atoms with Crippen LogP contribution in [0.2, 0.25) is 0 Å². The number of halogens is 1. The van der Waals surface area contributed by atoms with Gasteiger partial charge in [-0.2, -0.15) is 0 Å². The second-order valence-electron chi connectivity index (χ2n) is 7.00. The zero-order valence-corrected chi connectivity index (χ0v) is 17.9. The highest BCUT2D eigenvalue weighted by molar-refractivity contribution is 7.99. The Bertz CT molecular complexity index is 1050. The van der Waals surface area contributed by atoms with Crippen LogP contribution in [0.3, 0.4) is 0 Å². The van der Waals surface area contributed by atoms with E-state index in [-0.39, 0.29) is 11.6 Å². The molecule has 1 heterocycles. The van der Waals surface area contributed by atoms with E-state index in [0.717, 1.165) is 17.3 Å². The maximum atomic E-state index is 13.5. The van der Waals surface area contributed by atoms with Crippen LogP contribution in [0.5, 0.6) is 11.5 Å². The lowest BCUT2D eigenvalue weighted by atomic mass is 9.83. The van der Waals surface area contributed by atoms with Crippen molar-refractivity contribution in [2.24, 2.45) is 0 Å². The minimum absolute atomic E-state index is 0.171. The number of methoxy groups -OCH3 is 2. The van der Waals surface area contributed by atoms with Crippen LogP contribution in [-0.4, -0.2) is 45.8 Å². The maximum Gasteiger partial charge on any atom is 0.313 e. The lowest BCUT2D eigenvalue weighted by molar-refractivity contribution is -0.133. The molecule has 0 saturated carbocycles. The summed E-state index contributed by atoms with van der Waals surface area (Å²) in [6.45, 7) is 3.95. The molecule has 0 aliphatic heterocycles. The van der Waals surface area contributed by atoms with Crippen LogP contribution in [-0.2, 0) is 10.2 Å². The van der Waals surface area contributed by atoms with E-state index in [9.17, 15) is 9.18 Å². The van der Waals surface area contributed by atoms with Crippen LogP contribution < -0.4 is 9.47 Å². The Morgan fingerprint density at radius 3 is 2.37 bits per heavy atom. The molecule has 158 valence electrons. The molecule has 3 rings (SSSR count). The fourth-order valence-electron chi connectivity index (χ4n) is 3.07. The molecule has 0 atom stereocenters. The molecule has 0 amide bonds. The van der Waals surface area contributed by atoms with E-state index in [2.05, 4.69) is 10.2 Å². The highest BCUT2D eigenvalue weighted by Gasteiger charge is 2.32. The molecule has 7 nitrogen and oxygen atoms in total. The SMILES string of the molecule is COc1ccc(C(C)(C)c2nnc(SCC(=O)O)n2-c2ccc(F)cc2)cc1OC. The van der Waals surface area contributed by atoms with E-state index in [1.807, 2.05) is 32.0 Å². The first-order chi connectivity index (χ1) is 14.3. The normalized spacial score (nSPS) is 11.4. The fourth-order valence-corrected chi connectivity index (χ4v) is 3.74. The number of ether oxygens (including phenoxy) is 2. The smallest absolute Gasteiger partial charge is 0.313 e. The summed E-state index contributed by atoms with van der Waals surface area (Å²) in [7, 11) is 3.13. The van der Waals surface area contributed by atoms with Crippen molar-refractivity contribution >= 4 is 17.7 Å². The Labute approximate surface area is 177 Å². The number of aromatic nitrogens is 3. The number of benzene rings is 2. The first kappa shape index (κ1) is 21.6. The third kappa shape index (κ3) is 4.25. The van der Waals surface area contributed by atoms with Gasteiger partial charge in [0.2, 0.25) is 0 Å². The number of rotatable bonds is 8. The molecular weight excluding hydrogens is 409 g/mol. The summed E-state index contributed by atoms with van der Waals surface area (Å²) in [5, 5.41) is 18.1. The number of aliphatic carboxylic acids is 1.